The average molecular weight is 307 g/mol. The Morgan fingerprint density at radius 3 is 2.67 bits per heavy atom. The Labute approximate surface area is 129 Å². The fourth-order valence-corrected chi connectivity index (χ4v) is 2.27. The second kappa shape index (κ2) is 6.63. The molecule has 6 heteroatoms. The molecule has 0 saturated carbocycles. The normalized spacial score (nSPS) is 10.6. The maximum atomic E-state index is 12.6. The van der Waals surface area contributed by atoms with Gasteiger partial charge in [-0.1, -0.05) is 29.8 Å². The Balaban J connectivity index is 2.22. The molecule has 1 heterocycles. The molecular weight excluding hydrogens is 288 g/mol. The van der Waals surface area contributed by atoms with Gasteiger partial charge in [0.15, 0.2) is 5.69 Å². The smallest absolute Gasteiger partial charge is 0.276 e. The van der Waals surface area contributed by atoms with Gasteiger partial charge in [-0.3, -0.25) is 9.48 Å². The van der Waals surface area contributed by atoms with Gasteiger partial charge in [0.05, 0.1) is 5.69 Å². The number of nitrogens with zero attached hydrogens (tertiary/aromatic N) is 3. The quantitative estimate of drug-likeness (QED) is 0.924. The molecule has 0 atom stereocenters. The van der Waals surface area contributed by atoms with E-state index in [-0.39, 0.29) is 5.91 Å². The van der Waals surface area contributed by atoms with Gasteiger partial charge in [0, 0.05) is 30.9 Å². The molecule has 2 aromatic rings. The van der Waals surface area contributed by atoms with Crippen LogP contribution in [0.15, 0.2) is 30.5 Å². The van der Waals surface area contributed by atoms with Crippen LogP contribution in [0.25, 0.3) is 0 Å². The van der Waals surface area contributed by atoms with Gasteiger partial charge in [-0.2, -0.15) is 5.10 Å². The third kappa shape index (κ3) is 3.36. The standard InChI is InChI=1S/C15H19ClN4O/c1-3-19(9-11-7-5-6-8-12(11)16)15(21)14-13(17)10-20(4-2)18-14/h5-8,10H,3-4,9,17H2,1-2H3. The summed E-state index contributed by atoms with van der Waals surface area (Å²) in [5, 5.41) is 4.88. The molecule has 0 radical (unpaired) electrons. The van der Waals surface area contributed by atoms with Crippen molar-refractivity contribution in [3.8, 4) is 0 Å². The summed E-state index contributed by atoms with van der Waals surface area (Å²) in [6, 6.07) is 7.49. The second-order valence-electron chi connectivity index (χ2n) is 4.70. The lowest BCUT2D eigenvalue weighted by atomic mass is 10.2. The monoisotopic (exact) mass is 306 g/mol. The number of halogens is 1. The molecule has 112 valence electrons. The molecule has 2 rings (SSSR count). The predicted molar refractivity (Wildman–Crippen MR) is 84.2 cm³/mol. The van der Waals surface area contributed by atoms with E-state index in [9.17, 15) is 4.79 Å². The summed E-state index contributed by atoms with van der Waals surface area (Å²) in [5.74, 6) is -0.179. The van der Waals surface area contributed by atoms with Crippen molar-refractivity contribution in [1.82, 2.24) is 14.7 Å². The Hall–Kier alpha value is -2.01. The lowest BCUT2D eigenvalue weighted by Crippen LogP contribution is -2.31. The first-order valence-corrected chi connectivity index (χ1v) is 7.30. The summed E-state index contributed by atoms with van der Waals surface area (Å²) in [7, 11) is 0. The minimum atomic E-state index is -0.179. The van der Waals surface area contributed by atoms with Crippen molar-refractivity contribution in [3.05, 3.63) is 46.7 Å². The molecule has 0 saturated heterocycles. The van der Waals surface area contributed by atoms with Crippen LogP contribution in [0.2, 0.25) is 5.02 Å². The van der Waals surface area contributed by atoms with Crippen molar-refractivity contribution in [2.45, 2.75) is 26.9 Å². The Morgan fingerprint density at radius 2 is 2.10 bits per heavy atom. The lowest BCUT2D eigenvalue weighted by Gasteiger charge is -2.20. The number of aromatic nitrogens is 2. The van der Waals surface area contributed by atoms with Gasteiger partial charge in [-0.15, -0.1) is 0 Å². The van der Waals surface area contributed by atoms with Gasteiger partial charge in [0.25, 0.3) is 5.91 Å². The molecule has 1 amide bonds. The van der Waals surface area contributed by atoms with Crippen LogP contribution >= 0.6 is 11.6 Å². The van der Waals surface area contributed by atoms with Gasteiger partial charge < -0.3 is 10.6 Å². The lowest BCUT2D eigenvalue weighted by molar-refractivity contribution is 0.0747. The van der Waals surface area contributed by atoms with Crippen molar-refractivity contribution in [1.29, 1.82) is 0 Å². The number of carbonyl (C=O) groups excluding carboxylic acids is 1. The maximum absolute atomic E-state index is 12.6. The topological polar surface area (TPSA) is 64.2 Å². The average Bonchev–Trinajstić information content (AvgIpc) is 2.87. The first-order valence-electron chi connectivity index (χ1n) is 6.92. The highest BCUT2D eigenvalue weighted by Crippen LogP contribution is 2.19. The predicted octanol–water partition coefficient (Wildman–Crippen LogP) is 2.80. The molecule has 0 unspecified atom stereocenters. The van der Waals surface area contributed by atoms with Crippen LogP contribution in [-0.2, 0) is 13.1 Å². The summed E-state index contributed by atoms with van der Waals surface area (Å²) in [5.41, 5.74) is 7.48. The van der Waals surface area contributed by atoms with Gasteiger partial charge in [0.1, 0.15) is 0 Å². The van der Waals surface area contributed by atoms with Crippen LogP contribution in [0.5, 0.6) is 0 Å². The van der Waals surface area contributed by atoms with Crippen LogP contribution in [-0.4, -0.2) is 27.1 Å². The summed E-state index contributed by atoms with van der Waals surface area (Å²) in [4.78, 5) is 14.2. The molecular formula is C15H19ClN4O. The molecule has 0 aliphatic carbocycles. The Bertz CT molecular complexity index is 638. The number of rotatable bonds is 5. The highest BCUT2D eigenvalue weighted by atomic mass is 35.5. The first-order chi connectivity index (χ1) is 10.1. The van der Waals surface area contributed by atoms with E-state index in [0.29, 0.717) is 36.0 Å². The summed E-state index contributed by atoms with van der Waals surface area (Å²) >= 11 is 6.15. The van der Waals surface area contributed by atoms with E-state index in [1.807, 2.05) is 38.1 Å². The third-order valence-corrected chi connectivity index (χ3v) is 3.67. The fourth-order valence-electron chi connectivity index (χ4n) is 2.07. The molecule has 5 nitrogen and oxygen atoms in total. The van der Waals surface area contributed by atoms with Crippen molar-refractivity contribution < 1.29 is 4.79 Å². The van der Waals surface area contributed by atoms with E-state index in [1.54, 1.807) is 15.8 Å². The number of carbonyl (C=O) groups is 1. The van der Waals surface area contributed by atoms with E-state index in [0.717, 1.165) is 5.56 Å². The van der Waals surface area contributed by atoms with E-state index in [4.69, 9.17) is 17.3 Å². The molecule has 0 fully saturated rings. The summed E-state index contributed by atoms with van der Waals surface area (Å²) < 4.78 is 1.66. The zero-order chi connectivity index (χ0) is 15.4. The highest BCUT2D eigenvalue weighted by molar-refractivity contribution is 6.31. The minimum Gasteiger partial charge on any atom is -0.396 e. The first kappa shape index (κ1) is 15.4. The molecule has 1 aromatic heterocycles. The number of hydrogen-bond donors (Lipinski definition) is 1. The fraction of sp³-hybridized carbons (Fsp3) is 0.333. The van der Waals surface area contributed by atoms with Crippen molar-refractivity contribution >= 4 is 23.2 Å². The van der Waals surface area contributed by atoms with Crippen molar-refractivity contribution in [2.75, 3.05) is 12.3 Å². The van der Waals surface area contributed by atoms with E-state index >= 15 is 0 Å². The number of nitrogen functional groups attached to an aromatic ring is 1. The largest absolute Gasteiger partial charge is 0.396 e. The van der Waals surface area contributed by atoms with Crippen LogP contribution in [0.3, 0.4) is 0 Å². The molecule has 21 heavy (non-hydrogen) atoms. The van der Waals surface area contributed by atoms with E-state index in [2.05, 4.69) is 5.10 Å². The SMILES string of the molecule is CCN(Cc1ccccc1Cl)C(=O)c1nn(CC)cc1N. The molecule has 1 aromatic carbocycles. The second-order valence-corrected chi connectivity index (χ2v) is 5.11. The molecule has 0 aliphatic rings. The maximum Gasteiger partial charge on any atom is 0.276 e. The van der Waals surface area contributed by atoms with Gasteiger partial charge in [-0.05, 0) is 25.5 Å². The zero-order valence-electron chi connectivity index (χ0n) is 12.2. The van der Waals surface area contributed by atoms with Crippen molar-refractivity contribution in [3.63, 3.8) is 0 Å². The number of amides is 1. The van der Waals surface area contributed by atoms with Gasteiger partial charge in [0.2, 0.25) is 0 Å². The van der Waals surface area contributed by atoms with Gasteiger partial charge >= 0.3 is 0 Å². The highest BCUT2D eigenvalue weighted by Gasteiger charge is 2.21. The number of benzene rings is 1. The molecule has 0 spiro atoms. The van der Waals surface area contributed by atoms with Crippen molar-refractivity contribution in [2.24, 2.45) is 0 Å². The molecule has 0 bridgehead atoms. The number of aryl methyl sites for hydroxylation is 1. The Kier molecular flexibility index (Phi) is 4.85. The Morgan fingerprint density at radius 1 is 1.38 bits per heavy atom. The number of hydrogen-bond acceptors (Lipinski definition) is 3. The minimum absolute atomic E-state index is 0.179. The summed E-state index contributed by atoms with van der Waals surface area (Å²) in [6.45, 7) is 5.54. The van der Waals surface area contributed by atoms with E-state index in [1.165, 1.54) is 0 Å². The van der Waals surface area contributed by atoms with Crippen LogP contribution < -0.4 is 5.73 Å². The van der Waals surface area contributed by atoms with Crippen LogP contribution in [0.1, 0.15) is 29.9 Å². The third-order valence-electron chi connectivity index (χ3n) is 3.30. The zero-order valence-corrected chi connectivity index (χ0v) is 13.0. The number of anilines is 1. The van der Waals surface area contributed by atoms with Crippen LogP contribution in [0, 0.1) is 0 Å². The van der Waals surface area contributed by atoms with Crippen LogP contribution in [0.4, 0.5) is 5.69 Å². The van der Waals surface area contributed by atoms with E-state index < -0.39 is 0 Å². The molecule has 2 N–H and O–H groups in total. The van der Waals surface area contributed by atoms with Gasteiger partial charge in [-0.25, -0.2) is 0 Å². The summed E-state index contributed by atoms with van der Waals surface area (Å²) in [6.07, 6.45) is 1.68. The molecule has 0 aliphatic heterocycles. The number of nitrogens with two attached hydrogens (primary N) is 1.